The van der Waals surface area contributed by atoms with E-state index >= 15 is 0 Å². The Bertz CT molecular complexity index is 954. The fourth-order valence-corrected chi connectivity index (χ4v) is 2.46. The van der Waals surface area contributed by atoms with Gasteiger partial charge in [-0.15, -0.1) is 0 Å². The zero-order chi connectivity index (χ0) is 19.2. The van der Waals surface area contributed by atoms with E-state index in [0.29, 0.717) is 28.3 Å². The van der Waals surface area contributed by atoms with Crippen LogP contribution >= 0.6 is 0 Å². The molecule has 0 aromatic heterocycles. The van der Waals surface area contributed by atoms with Crippen molar-refractivity contribution in [3.05, 3.63) is 89.7 Å². The Hall–Kier alpha value is -3.67. The molecular formula is C21H17FN2O3. The first-order chi connectivity index (χ1) is 13.1. The summed E-state index contributed by atoms with van der Waals surface area (Å²) in [5.74, 6) is -0.502. The smallest absolute Gasteiger partial charge is 0.257 e. The number of ether oxygens (including phenoxy) is 1. The summed E-state index contributed by atoms with van der Waals surface area (Å²) in [5, 5.41) is 5.42. The van der Waals surface area contributed by atoms with Crippen LogP contribution in [0.25, 0.3) is 0 Å². The van der Waals surface area contributed by atoms with Crippen molar-refractivity contribution in [3.63, 3.8) is 0 Å². The molecule has 0 bridgehead atoms. The number of anilines is 2. The molecule has 2 N–H and O–H groups in total. The summed E-state index contributed by atoms with van der Waals surface area (Å²) in [6.45, 7) is 0. The second-order valence-electron chi connectivity index (χ2n) is 5.69. The lowest BCUT2D eigenvalue weighted by atomic mass is 10.1. The van der Waals surface area contributed by atoms with E-state index in [-0.39, 0.29) is 11.7 Å². The molecule has 6 heteroatoms. The first kappa shape index (κ1) is 18.1. The van der Waals surface area contributed by atoms with E-state index in [1.165, 1.54) is 24.3 Å². The van der Waals surface area contributed by atoms with Crippen LogP contribution in [0.1, 0.15) is 20.7 Å². The molecule has 0 saturated heterocycles. The third-order valence-corrected chi connectivity index (χ3v) is 3.87. The first-order valence-electron chi connectivity index (χ1n) is 8.18. The van der Waals surface area contributed by atoms with E-state index in [2.05, 4.69) is 10.6 Å². The lowest BCUT2D eigenvalue weighted by Crippen LogP contribution is -2.18. The Morgan fingerprint density at radius 2 is 1.48 bits per heavy atom. The van der Waals surface area contributed by atoms with Gasteiger partial charge in [0.2, 0.25) is 0 Å². The number of hydrogen-bond acceptors (Lipinski definition) is 3. The zero-order valence-corrected chi connectivity index (χ0v) is 14.5. The van der Waals surface area contributed by atoms with E-state index in [4.69, 9.17) is 4.74 Å². The molecule has 0 aliphatic rings. The fourth-order valence-electron chi connectivity index (χ4n) is 2.46. The molecule has 0 saturated carbocycles. The summed E-state index contributed by atoms with van der Waals surface area (Å²) in [7, 11) is 1.55. The number of carbonyl (C=O) groups excluding carboxylic acids is 2. The van der Waals surface area contributed by atoms with E-state index in [9.17, 15) is 14.0 Å². The van der Waals surface area contributed by atoms with Gasteiger partial charge in [0.05, 0.1) is 18.4 Å². The third-order valence-electron chi connectivity index (χ3n) is 3.87. The number of hydrogen-bond donors (Lipinski definition) is 2. The second kappa shape index (κ2) is 8.14. The van der Waals surface area contributed by atoms with E-state index < -0.39 is 5.91 Å². The first-order valence-corrected chi connectivity index (χ1v) is 8.18. The summed E-state index contributed by atoms with van der Waals surface area (Å²) < 4.78 is 18.1. The maximum absolute atomic E-state index is 13.0. The van der Waals surface area contributed by atoms with E-state index in [1.54, 1.807) is 55.6 Å². The molecule has 0 aliphatic heterocycles. The normalized spacial score (nSPS) is 10.1. The minimum absolute atomic E-state index is 0.295. The standard InChI is InChI=1S/C21H17FN2O3/c1-27-17-12-6-14(7-13-17)20(25)24-19-5-3-2-4-18(19)21(26)23-16-10-8-15(22)9-11-16/h2-13H,1H3,(H,23,26)(H,24,25). The highest BCUT2D eigenvalue weighted by Gasteiger charge is 2.14. The van der Waals surface area contributed by atoms with Crippen molar-refractivity contribution in [3.8, 4) is 5.75 Å². The molecule has 3 aromatic rings. The number of carbonyl (C=O) groups is 2. The van der Waals surface area contributed by atoms with E-state index in [0.717, 1.165) is 0 Å². The van der Waals surface area contributed by atoms with E-state index in [1.807, 2.05) is 0 Å². The predicted molar refractivity (Wildman–Crippen MR) is 102 cm³/mol. The van der Waals surface area contributed by atoms with Gasteiger partial charge in [-0.2, -0.15) is 0 Å². The van der Waals surface area contributed by atoms with Gasteiger partial charge in [0.15, 0.2) is 0 Å². The molecule has 0 radical (unpaired) electrons. The van der Waals surface area contributed by atoms with Gasteiger partial charge >= 0.3 is 0 Å². The van der Waals surface area contributed by atoms with Crippen molar-refractivity contribution in [1.29, 1.82) is 0 Å². The zero-order valence-electron chi connectivity index (χ0n) is 14.5. The van der Waals surface area contributed by atoms with Crippen molar-refractivity contribution in [2.24, 2.45) is 0 Å². The van der Waals surface area contributed by atoms with Crippen LogP contribution in [0.3, 0.4) is 0 Å². The van der Waals surface area contributed by atoms with Gasteiger partial charge in [-0.1, -0.05) is 12.1 Å². The van der Waals surface area contributed by atoms with Crippen LogP contribution in [0.4, 0.5) is 15.8 Å². The quantitative estimate of drug-likeness (QED) is 0.708. The third kappa shape index (κ3) is 4.49. The topological polar surface area (TPSA) is 67.4 Å². The lowest BCUT2D eigenvalue weighted by Gasteiger charge is -2.12. The predicted octanol–water partition coefficient (Wildman–Crippen LogP) is 4.34. The fraction of sp³-hybridized carbons (Fsp3) is 0.0476. The van der Waals surface area contributed by atoms with Gasteiger partial charge in [-0.3, -0.25) is 9.59 Å². The van der Waals surface area contributed by atoms with Crippen molar-refractivity contribution >= 4 is 23.2 Å². The van der Waals surface area contributed by atoms with Crippen molar-refractivity contribution in [2.75, 3.05) is 17.7 Å². The van der Waals surface area contributed by atoms with Gasteiger partial charge < -0.3 is 15.4 Å². The number of benzene rings is 3. The molecule has 3 rings (SSSR count). The van der Waals surface area contributed by atoms with Crippen LogP contribution in [0.15, 0.2) is 72.8 Å². The van der Waals surface area contributed by atoms with Crippen molar-refractivity contribution < 1.29 is 18.7 Å². The highest BCUT2D eigenvalue weighted by Crippen LogP contribution is 2.19. The Kier molecular flexibility index (Phi) is 5.47. The number of methoxy groups -OCH3 is 1. The van der Waals surface area contributed by atoms with Gasteiger partial charge in [-0.25, -0.2) is 4.39 Å². The van der Waals surface area contributed by atoms with Crippen LogP contribution in [0.2, 0.25) is 0 Å². The summed E-state index contributed by atoms with van der Waals surface area (Å²) in [6.07, 6.45) is 0. The summed E-state index contributed by atoms with van der Waals surface area (Å²) in [4.78, 5) is 25.0. The van der Waals surface area contributed by atoms with Gasteiger partial charge in [0.1, 0.15) is 11.6 Å². The molecular weight excluding hydrogens is 347 g/mol. The Morgan fingerprint density at radius 1 is 0.815 bits per heavy atom. The summed E-state index contributed by atoms with van der Waals surface area (Å²) in [5.41, 5.74) is 1.56. The molecule has 0 unspecified atom stereocenters. The Labute approximate surface area is 155 Å². The van der Waals surface area contributed by atoms with Crippen molar-refractivity contribution in [2.45, 2.75) is 0 Å². The van der Waals surface area contributed by atoms with Crippen molar-refractivity contribution in [1.82, 2.24) is 0 Å². The van der Waals surface area contributed by atoms with Gasteiger partial charge in [0.25, 0.3) is 11.8 Å². The molecule has 3 aromatic carbocycles. The van der Waals surface area contributed by atoms with Crippen LogP contribution < -0.4 is 15.4 Å². The average Bonchev–Trinajstić information content (AvgIpc) is 2.70. The number of rotatable bonds is 5. The highest BCUT2D eigenvalue weighted by atomic mass is 19.1. The molecule has 136 valence electrons. The molecule has 5 nitrogen and oxygen atoms in total. The molecule has 0 atom stereocenters. The van der Waals surface area contributed by atoms with Crippen LogP contribution in [-0.4, -0.2) is 18.9 Å². The maximum Gasteiger partial charge on any atom is 0.257 e. The minimum Gasteiger partial charge on any atom is -0.497 e. The van der Waals surface area contributed by atoms with Crippen LogP contribution in [-0.2, 0) is 0 Å². The number of nitrogens with one attached hydrogen (secondary N) is 2. The molecule has 2 amide bonds. The molecule has 27 heavy (non-hydrogen) atoms. The Balaban J connectivity index is 1.77. The summed E-state index contributed by atoms with van der Waals surface area (Å²) >= 11 is 0. The number of para-hydroxylation sites is 1. The summed E-state index contributed by atoms with van der Waals surface area (Å²) in [6, 6.07) is 18.7. The van der Waals surface area contributed by atoms with Crippen LogP contribution in [0, 0.1) is 5.82 Å². The monoisotopic (exact) mass is 364 g/mol. The molecule has 0 heterocycles. The average molecular weight is 364 g/mol. The van der Waals surface area contributed by atoms with Gasteiger partial charge in [0, 0.05) is 11.3 Å². The molecule has 0 spiro atoms. The van der Waals surface area contributed by atoms with Gasteiger partial charge in [-0.05, 0) is 60.7 Å². The minimum atomic E-state index is -0.410. The number of amides is 2. The maximum atomic E-state index is 13.0. The largest absolute Gasteiger partial charge is 0.497 e. The van der Waals surface area contributed by atoms with Crippen LogP contribution in [0.5, 0.6) is 5.75 Å². The molecule has 0 aliphatic carbocycles. The highest BCUT2D eigenvalue weighted by molar-refractivity contribution is 6.12. The SMILES string of the molecule is COc1ccc(C(=O)Nc2ccccc2C(=O)Nc2ccc(F)cc2)cc1. The molecule has 0 fully saturated rings. The second-order valence-corrected chi connectivity index (χ2v) is 5.69. The lowest BCUT2D eigenvalue weighted by molar-refractivity contribution is 0.102. The Morgan fingerprint density at radius 3 is 2.15 bits per heavy atom. The number of halogens is 1.